The molecule has 1 radical (unpaired) electrons. The SMILES string of the molecule is CCCCCC[S-].CCCCCC[S-].CCC[CH2][Sn+2]. The van der Waals surface area contributed by atoms with Gasteiger partial charge in [0.1, 0.15) is 0 Å². The van der Waals surface area contributed by atoms with Crippen LogP contribution in [0.5, 0.6) is 0 Å². The maximum atomic E-state index is 4.77. The number of unbranched alkanes of at least 4 members (excludes halogenated alkanes) is 7. The Balaban J connectivity index is -0.000000206. The average Bonchev–Trinajstić information content (AvgIpc) is 2.42. The normalized spacial score (nSPS) is 9.05. The summed E-state index contributed by atoms with van der Waals surface area (Å²) in [5.74, 6) is 1.89. The fourth-order valence-corrected chi connectivity index (χ4v) is 2.65. The molecule has 0 heterocycles. The first-order valence-corrected chi connectivity index (χ1v) is 11.2. The third-order valence-corrected chi connectivity index (χ3v) is 4.11. The molecule has 19 heavy (non-hydrogen) atoms. The Morgan fingerprint density at radius 1 is 0.579 bits per heavy atom. The van der Waals surface area contributed by atoms with Crippen LogP contribution in [0.4, 0.5) is 0 Å². The molecule has 0 N–H and O–H groups in total. The van der Waals surface area contributed by atoms with Crippen molar-refractivity contribution in [3.8, 4) is 0 Å². The van der Waals surface area contributed by atoms with E-state index in [1.165, 1.54) is 68.6 Å². The van der Waals surface area contributed by atoms with Crippen molar-refractivity contribution >= 4 is 47.8 Å². The van der Waals surface area contributed by atoms with Crippen molar-refractivity contribution in [2.24, 2.45) is 0 Å². The average molecular weight is 410 g/mol. The molecule has 0 atom stereocenters. The summed E-state index contributed by atoms with van der Waals surface area (Å²) in [5, 5.41) is 0. The Morgan fingerprint density at radius 2 is 0.947 bits per heavy atom. The molecule has 3 heteroatoms. The first-order valence-electron chi connectivity index (χ1n) is 8.05. The van der Waals surface area contributed by atoms with E-state index in [1.54, 1.807) is 22.5 Å². The topological polar surface area (TPSA) is 0 Å². The zero-order chi connectivity index (χ0) is 15.2. The van der Waals surface area contributed by atoms with Gasteiger partial charge in [-0.1, -0.05) is 65.2 Å². The van der Waals surface area contributed by atoms with Gasteiger partial charge in [0, 0.05) is 0 Å². The fourth-order valence-electron chi connectivity index (χ4n) is 1.23. The van der Waals surface area contributed by atoms with E-state index in [2.05, 4.69) is 20.8 Å². The van der Waals surface area contributed by atoms with Gasteiger partial charge in [0.15, 0.2) is 0 Å². The van der Waals surface area contributed by atoms with E-state index in [-0.39, 0.29) is 0 Å². The quantitative estimate of drug-likeness (QED) is 0.261. The van der Waals surface area contributed by atoms with Gasteiger partial charge in [0.25, 0.3) is 0 Å². The summed E-state index contributed by atoms with van der Waals surface area (Å²) in [7, 11) is 0. The molecule has 0 rings (SSSR count). The van der Waals surface area contributed by atoms with Crippen molar-refractivity contribution in [2.75, 3.05) is 11.5 Å². The predicted octanol–water partition coefficient (Wildman–Crippen LogP) is 5.60. The maximum absolute atomic E-state index is 4.77. The molecule has 0 saturated heterocycles. The zero-order valence-corrected chi connectivity index (χ0v) is 18.0. The molecular weight excluding hydrogens is 375 g/mol. The Labute approximate surface area is 148 Å². The van der Waals surface area contributed by atoms with E-state index in [9.17, 15) is 0 Å². The molecule has 0 aliphatic carbocycles. The number of hydrogen-bond acceptors (Lipinski definition) is 2. The molecule has 0 saturated carbocycles. The molecule has 0 aromatic carbocycles. The van der Waals surface area contributed by atoms with Gasteiger partial charge in [-0.2, -0.15) is 11.5 Å². The molecule has 0 spiro atoms. The molecule has 0 fully saturated rings. The van der Waals surface area contributed by atoms with Crippen molar-refractivity contribution in [2.45, 2.75) is 89.4 Å². The van der Waals surface area contributed by atoms with Gasteiger partial charge in [-0.3, -0.25) is 0 Å². The summed E-state index contributed by atoms with van der Waals surface area (Å²) < 4.78 is 1.43. The van der Waals surface area contributed by atoms with E-state index in [4.69, 9.17) is 25.3 Å². The van der Waals surface area contributed by atoms with Crippen LogP contribution in [-0.2, 0) is 25.3 Å². The van der Waals surface area contributed by atoms with E-state index < -0.39 is 0 Å². The van der Waals surface area contributed by atoms with Gasteiger partial charge in [-0.25, -0.2) is 0 Å². The monoisotopic (exact) mass is 411 g/mol. The van der Waals surface area contributed by atoms with Crippen molar-refractivity contribution in [3.05, 3.63) is 0 Å². The van der Waals surface area contributed by atoms with Crippen LogP contribution in [0.25, 0.3) is 0 Å². The fraction of sp³-hybridized carbons (Fsp3) is 1.00. The van der Waals surface area contributed by atoms with Crippen molar-refractivity contribution in [3.63, 3.8) is 0 Å². The first-order chi connectivity index (χ1) is 9.24. The molecule has 0 amide bonds. The molecule has 115 valence electrons. The van der Waals surface area contributed by atoms with Crippen molar-refractivity contribution in [1.29, 1.82) is 0 Å². The zero-order valence-electron chi connectivity index (χ0n) is 13.5. The van der Waals surface area contributed by atoms with Gasteiger partial charge in [0.2, 0.25) is 0 Å². The van der Waals surface area contributed by atoms with Crippen molar-refractivity contribution < 1.29 is 0 Å². The molecule has 0 aromatic rings. The molecule has 0 aromatic heterocycles. The van der Waals surface area contributed by atoms with Gasteiger partial charge in [-0.05, 0) is 0 Å². The van der Waals surface area contributed by atoms with E-state index in [0.717, 1.165) is 11.5 Å². The van der Waals surface area contributed by atoms with Gasteiger partial charge in [0.05, 0.1) is 0 Å². The summed E-state index contributed by atoms with van der Waals surface area (Å²) in [4.78, 5) is 0. The molecule has 0 bridgehead atoms. The number of hydrogen-bond donors (Lipinski definition) is 0. The Morgan fingerprint density at radius 3 is 1.11 bits per heavy atom. The summed E-state index contributed by atoms with van der Waals surface area (Å²) in [6, 6.07) is 0. The minimum absolute atomic E-state index is 0.944. The summed E-state index contributed by atoms with van der Waals surface area (Å²) in [5.41, 5.74) is 0. The summed E-state index contributed by atoms with van der Waals surface area (Å²) in [6.45, 7) is 6.65. The van der Waals surface area contributed by atoms with E-state index >= 15 is 0 Å². The second-order valence-electron chi connectivity index (χ2n) is 4.63. The second kappa shape index (κ2) is 31.7. The van der Waals surface area contributed by atoms with Crippen LogP contribution in [0.3, 0.4) is 0 Å². The van der Waals surface area contributed by atoms with Crippen LogP contribution < -0.4 is 0 Å². The Hall–Kier alpha value is 1.50. The molecule has 0 nitrogen and oxygen atoms in total. The van der Waals surface area contributed by atoms with Gasteiger partial charge >= 0.3 is 46.7 Å². The van der Waals surface area contributed by atoms with Crippen LogP contribution in [0, 0.1) is 0 Å². The molecular formula is C16H35S2Sn. The first kappa shape index (κ1) is 25.5. The molecule has 0 aliphatic rings. The van der Waals surface area contributed by atoms with Crippen LogP contribution in [-0.4, -0.2) is 34.0 Å². The predicted molar refractivity (Wildman–Crippen MR) is 98.2 cm³/mol. The standard InChI is InChI=1S/2C6H14S.C4H9.Sn/c2*1-2-3-4-5-6-7;1-3-4-2;/h2*7H,2-6H2,1H3;1,3-4H2,2H3;/q;;;+2/p-2. The second-order valence-corrected chi connectivity index (χ2v) is 6.88. The molecule has 0 aliphatic heterocycles. The summed E-state index contributed by atoms with van der Waals surface area (Å²) >= 11 is 11.2. The van der Waals surface area contributed by atoms with E-state index in [0.29, 0.717) is 0 Å². The van der Waals surface area contributed by atoms with Gasteiger partial charge < -0.3 is 25.3 Å². The van der Waals surface area contributed by atoms with Gasteiger partial charge in [-0.15, -0.1) is 0 Å². The summed E-state index contributed by atoms with van der Waals surface area (Å²) in [6.07, 6.45) is 13.3. The third kappa shape index (κ3) is 45.2. The van der Waals surface area contributed by atoms with Crippen LogP contribution >= 0.6 is 0 Å². The minimum atomic E-state index is 0.944. The Kier molecular flexibility index (Phi) is 42.5. The van der Waals surface area contributed by atoms with Crippen LogP contribution in [0.15, 0.2) is 0 Å². The van der Waals surface area contributed by atoms with Crippen LogP contribution in [0.1, 0.15) is 85.0 Å². The molecule has 0 unspecified atom stereocenters. The van der Waals surface area contributed by atoms with Crippen LogP contribution in [0.2, 0.25) is 4.44 Å². The van der Waals surface area contributed by atoms with E-state index in [1.807, 2.05) is 0 Å². The third-order valence-electron chi connectivity index (χ3n) is 2.53. The van der Waals surface area contributed by atoms with Crippen molar-refractivity contribution in [1.82, 2.24) is 0 Å². The number of rotatable bonds is 10. The Bertz CT molecular complexity index is 90.9.